The Labute approximate surface area is 129 Å². The minimum absolute atomic E-state index is 0.0138. The lowest BCUT2D eigenvalue weighted by atomic mass is 10.1. The zero-order valence-electron chi connectivity index (χ0n) is 12.6. The molecule has 2 rings (SSSR count). The van der Waals surface area contributed by atoms with Crippen molar-refractivity contribution in [2.45, 2.75) is 32.1 Å². The van der Waals surface area contributed by atoms with Crippen LogP contribution >= 0.6 is 0 Å². The fourth-order valence-corrected chi connectivity index (χ4v) is 2.42. The monoisotopic (exact) mass is 303 g/mol. The van der Waals surface area contributed by atoms with Crippen LogP contribution in [-0.2, 0) is 9.59 Å². The molecule has 0 atom stereocenters. The number of pyridine rings is 1. The summed E-state index contributed by atoms with van der Waals surface area (Å²) in [7, 11) is 0. The van der Waals surface area contributed by atoms with Gasteiger partial charge in [-0.1, -0.05) is 0 Å². The van der Waals surface area contributed by atoms with E-state index in [9.17, 15) is 14.4 Å². The third kappa shape index (κ3) is 4.95. The molecule has 1 aromatic rings. The van der Waals surface area contributed by atoms with Gasteiger partial charge in [-0.3, -0.25) is 19.4 Å². The summed E-state index contributed by atoms with van der Waals surface area (Å²) in [5.74, 6) is -0.445. The number of amides is 2. The van der Waals surface area contributed by atoms with Gasteiger partial charge < -0.3 is 10.2 Å². The molecule has 1 aliphatic heterocycles. The van der Waals surface area contributed by atoms with Crippen molar-refractivity contribution in [1.82, 2.24) is 15.2 Å². The lowest BCUT2D eigenvalue weighted by Gasteiger charge is -2.26. The molecular weight excluding hydrogens is 282 g/mol. The van der Waals surface area contributed by atoms with Crippen molar-refractivity contribution in [1.29, 1.82) is 0 Å². The summed E-state index contributed by atoms with van der Waals surface area (Å²) in [6.07, 6.45) is 6.50. The first-order valence-electron chi connectivity index (χ1n) is 7.64. The molecule has 1 fully saturated rings. The molecule has 6 heteroatoms. The molecule has 22 heavy (non-hydrogen) atoms. The fraction of sp³-hybridized carbons (Fsp3) is 0.500. The highest BCUT2D eigenvalue weighted by Gasteiger charge is 2.17. The van der Waals surface area contributed by atoms with E-state index < -0.39 is 0 Å². The zero-order chi connectivity index (χ0) is 15.8. The molecule has 0 bridgehead atoms. The highest BCUT2D eigenvalue weighted by atomic mass is 16.2. The van der Waals surface area contributed by atoms with Gasteiger partial charge in [-0.15, -0.1) is 0 Å². The standard InChI is InChI=1S/C16H21N3O3/c20-14(13-5-4-8-17-11-13)6-7-15(21)18-12-16(22)19-9-2-1-3-10-19/h4-5,8,11H,1-3,6-7,9-10,12H2,(H,18,21). The van der Waals surface area contributed by atoms with Gasteiger partial charge in [0.1, 0.15) is 0 Å². The van der Waals surface area contributed by atoms with Gasteiger partial charge >= 0.3 is 0 Å². The molecule has 0 saturated carbocycles. The summed E-state index contributed by atoms with van der Waals surface area (Å²) in [6, 6.07) is 3.36. The summed E-state index contributed by atoms with van der Waals surface area (Å²) in [5.41, 5.74) is 0.500. The first-order valence-corrected chi connectivity index (χ1v) is 7.64. The van der Waals surface area contributed by atoms with Crippen LogP contribution in [0.5, 0.6) is 0 Å². The number of aromatic nitrogens is 1. The van der Waals surface area contributed by atoms with E-state index in [-0.39, 0.29) is 37.0 Å². The summed E-state index contributed by atoms with van der Waals surface area (Å²) in [6.45, 7) is 1.56. The molecule has 0 radical (unpaired) electrons. The van der Waals surface area contributed by atoms with E-state index in [2.05, 4.69) is 10.3 Å². The molecule has 0 unspecified atom stereocenters. The second-order valence-electron chi connectivity index (χ2n) is 5.38. The Hall–Kier alpha value is -2.24. The summed E-state index contributed by atoms with van der Waals surface area (Å²) >= 11 is 0. The average Bonchev–Trinajstić information content (AvgIpc) is 2.59. The Morgan fingerprint density at radius 1 is 1.14 bits per heavy atom. The first kappa shape index (κ1) is 16.1. The van der Waals surface area contributed by atoms with E-state index in [0.717, 1.165) is 32.4 Å². The van der Waals surface area contributed by atoms with Crippen LogP contribution in [0.15, 0.2) is 24.5 Å². The highest BCUT2D eigenvalue weighted by Crippen LogP contribution is 2.08. The summed E-state index contributed by atoms with van der Waals surface area (Å²) in [4.78, 5) is 41.1. The molecule has 1 saturated heterocycles. The maximum absolute atomic E-state index is 11.9. The third-order valence-electron chi connectivity index (χ3n) is 3.71. The van der Waals surface area contributed by atoms with Crippen molar-refractivity contribution in [3.63, 3.8) is 0 Å². The molecule has 2 heterocycles. The molecule has 0 aromatic carbocycles. The number of rotatable bonds is 6. The number of carbonyl (C=O) groups excluding carboxylic acids is 3. The van der Waals surface area contributed by atoms with Gasteiger partial charge in [0.25, 0.3) is 0 Å². The largest absolute Gasteiger partial charge is 0.347 e. The molecule has 1 aromatic heterocycles. The van der Waals surface area contributed by atoms with Crippen molar-refractivity contribution in [3.8, 4) is 0 Å². The number of Topliss-reactive ketones (excluding diaryl/α,β-unsaturated/α-hetero) is 1. The highest BCUT2D eigenvalue weighted by molar-refractivity contribution is 5.97. The fourth-order valence-electron chi connectivity index (χ4n) is 2.42. The van der Waals surface area contributed by atoms with Gasteiger partial charge in [0, 0.05) is 43.9 Å². The molecule has 6 nitrogen and oxygen atoms in total. The van der Waals surface area contributed by atoms with E-state index in [4.69, 9.17) is 0 Å². The average molecular weight is 303 g/mol. The van der Waals surface area contributed by atoms with Crippen LogP contribution in [0.1, 0.15) is 42.5 Å². The van der Waals surface area contributed by atoms with Crippen molar-refractivity contribution < 1.29 is 14.4 Å². The lowest BCUT2D eigenvalue weighted by Crippen LogP contribution is -2.42. The van der Waals surface area contributed by atoms with Gasteiger partial charge in [-0.25, -0.2) is 0 Å². The summed E-state index contributed by atoms with van der Waals surface area (Å²) in [5, 5.41) is 2.59. The van der Waals surface area contributed by atoms with Gasteiger partial charge in [0.05, 0.1) is 6.54 Å². The number of carbonyl (C=O) groups is 3. The number of likely N-dealkylation sites (tertiary alicyclic amines) is 1. The number of nitrogens with one attached hydrogen (secondary N) is 1. The minimum Gasteiger partial charge on any atom is -0.347 e. The molecular formula is C16H21N3O3. The van der Waals surface area contributed by atoms with E-state index in [1.54, 1.807) is 23.2 Å². The second-order valence-corrected chi connectivity index (χ2v) is 5.38. The Morgan fingerprint density at radius 3 is 2.59 bits per heavy atom. The van der Waals surface area contributed by atoms with Crippen LogP contribution in [0, 0.1) is 0 Å². The van der Waals surface area contributed by atoms with E-state index >= 15 is 0 Å². The number of nitrogens with zero attached hydrogens (tertiary/aromatic N) is 2. The molecule has 0 aliphatic carbocycles. The maximum atomic E-state index is 11.9. The van der Waals surface area contributed by atoms with Gasteiger partial charge in [0.2, 0.25) is 11.8 Å². The molecule has 118 valence electrons. The Morgan fingerprint density at radius 2 is 1.91 bits per heavy atom. The Balaban J connectivity index is 1.67. The Bertz CT molecular complexity index is 525. The van der Waals surface area contributed by atoms with E-state index in [0.29, 0.717) is 5.56 Å². The minimum atomic E-state index is -0.275. The van der Waals surface area contributed by atoms with Crippen LogP contribution in [0.3, 0.4) is 0 Å². The SMILES string of the molecule is O=C(CCC(=O)c1cccnc1)NCC(=O)N1CCCCC1. The van der Waals surface area contributed by atoms with E-state index in [1.165, 1.54) is 6.20 Å². The molecule has 0 spiro atoms. The topological polar surface area (TPSA) is 79.4 Å². The zero-order valence-corrected chi connectivity index (χ0v) is 12.6. The molecule has 2 amide bonds. The van der Waals surface area contributed by atoms with Crippen LogP contribution in [0.4, 0.5) is 0 Å². The van der Waals surface area contributed by atoms with Crippen LogP contribution in [0.2, 0.25) is 0 Å². The van der Waals surface area contributed by atoms with Crippen LogP contribution in [-0.4, -0.2) is 47.1 Å². The maximum Gasteiger partial charge on any atom is 0.241 e. The van der Waals surface area contributed by atoms with Crippen molar-refractivity contribution >= 4 is 17.6 Å². The van der Waals surface area contributed by atoms with Crippen LogP contribution < -0.4 is 5.32 Å². The number of hydrogen-bond donors (Lipinski definition) is 1. The second kappa shape index (κ2) is 8.26. The van der Waals surface area contributed by atoms with Crippen LogP contribution in [0.25, 0.3) is 0 Å². The Kier molecular flexibility index (Phi) is 6.06. The van der Waals surface area contributed by atoms with E-state index in [1.807, 2.05) is 0 Å². The normalized spacial score (nSPS) is 14.5. The first-order chi connectivity index (χ1) is 10.7. The van der Waals surface area contributed by atoms with Gasteiger partial charge in [0.15, 0.2) is 5.78 Å². The number of piperidine rings is 1. The smallest absolute Gasteiger partial charge is 0.241 e. The molecule has 1 N–H and O–H groups in total. The number of hydrogen-bond acceptors (Lipinski definition) is 4. The van der Waals surface area contributed by atoms with Crippen molar-refractivity contribution in [3.05, 3.63) is 30.1 Å². The number of ketones is 1. The van der Waals surface area contributed by atoms with Crippen molar-refractivity contribution in [2.75, 3.05) is 19.6 Å². The predicted octanol–water partition coefficient (Wildman–Crippen LogP) is 1.17. The molecule has 1 aliphatic rings. The third-order valence-corrected chi connectivity index (χ3v) is 3.71. The quantitative estimate of drug-likeness (QED) is 0.800. The van der Waals surface area contributed by atoms with Gasteiger partial charge in [-0.05, 0) is 31.4 Å². The van der Waals surface area contributed by atoms with Crippen molar-refractivity contribution in [2.24, 2.45) is 0 Å². The lowest BCUT2D eigenvalue weighted by molar-refractivity contribution is -0.133. The summed E-state index contributed by atoms with van der Waals surface area (Å²) < 4.78 is 0. The predicted molar refractivity (Wildman–Crippen MR) is 81.2 cm³/mol. The van der Waals surface area contributed by atoms with Gasteiger partial charge in [-0.2, -0.15) is 0 Å².